The molecule has 0 aliphatic heterocycles. The Balaban J connectivity index is 2.39. The van der Waals surface area contributed by atoms with E-state index in [1.165, 1.54) is 18.0 Å². The van der Waals surface area contributed by atoms with E-state index >= 15 is 0 Å². The minimum atomic E-state index is -3.66. The van der Waals surface area contributed by atoms with Crippen molar-refractivity contribution in [3.8, 4) is 0 Å². The van der Waals surface area contributed by atoms with Gasteiger partial charge in [-0.05, 0) is 55.8 Å². The van der Waals surface area contributed by atoms with E-state index in [0.29, 0.717) is 26.7 Å². The second kappa shape index (κ2) is 7.96. The Morgan fingerprint density at radius 1 is 1.19 bits per heavy atom. The molecule has 5 nitrogen and oxygen atoms in total. The second-order valence-corrected chi connectivity index (χ2v) is 8.64. The SMILES string of the molecule is CNS(=O)(=O)c1cc(C(=O)N(C)Cc2cccc(Cl)c2Cl)cc(C)c1C. The highest BCUT2D eigenvalue weighted by molar-refractivity contribution is 7.89. The average molecular weight is 415 g/mol. The number of nitrogens with zero attached hydrogens (tertiary/aromatic N) is 1. The molecule has 0 unspecified atom stereocenters. The van der Waals surface area contributed by atoms with E-state index in [0.717, 1.165) is 5.56 Å². The largest absolute Gasteiger partial charge is 0.337 e. The van der Waals surface area contributed by atoms with Gasteiger partial charge in [-0.2, -0.15) is 0 Å². The van der Waals surface area contributed by atoms with Gasteiger partial charge in [0.05, 0.1) is 14.9 Å². The van der Waals surface area contributed by atoms with Crippen LogP contribution in [0.1, 0.15) is 27.0 Å². The molecule has 0 aromatic heterocycles. The molecule has 0 bridgehead atoms. The Hall–Kier alpha value is -1.60. The van der Waals surface area contributed by atoms with Crippen LogP contribution in [0.3, 0.4) is 0 Å². The second-order valence-electron chi connectivity index (χ2n) is 6.00. The van der Waals surface area contributed by atoms with Crippen LogP contribution in [0, 0.1) is 13.8 Å². The van der Waals surface area contributed by atoms with Gasteiger partial charge < -0.3 is 4.90 Å². The molecule has 26 heavy (non-hydrogen) atoms. The van der Waals surface area contributed by atoms with Gasteiger partial charge in [-0.25, -0.2) is 13.1 Å². The van der Waals surface area contributed by atoms with Crippen molar-refractivity contribution >= 4 is 39.1 Å². The third-order valence-corrected chi connectivity index (χ3v) is 6.61. The van der Waals surface area contributed by atoms with Crippen LogP contribution < -0.4 is 4.72 Å². The summed E-state index contributed by atoms with van der Waals surface area (Å²) in [7, 11) is -0.698. The zero-order valence-corrected chi connectivity index (χ0v) is 17.3. The van der Waals surface area contributed by atoms with Gasteiger partial charge in [-0.3, -0.25) is 4.79 Å². The molecule has 0 aliphatic carbocycles. The van der Waals surface area contributed by atoms with Crippen molar-refractivity contribution in [1.29, 1.82) is 0 Å². The lowest BCUT2D eigenvalue weighted by Crippen LogP contribution is -2.27. The number of sulfonamides is 1. The average Bonchev–Trinajstić information content (AvgIpc) is 2.60. The summed E-state index contributed by atoms with van der Waals surface area (Å²) < 4.78 is 26.7. The fourth-order valence-electron chi connectivity index (χ4n) is 2.56. The highest BCUT2D eigenvalue weighted by Gasteiger charge is 2.21. The minimum absolute atomic E-state index is 0.0949. The van der Waals surface area contributed by atoms with Crippen molar-refractivity contribution < 1.29 is 13.2 Å². The fraction of sp³-hybridized carbons (Fsp3) is 0.278. The van der Waals surface area contributed by atoms with E-state index in [9.17, 15) is 13.2 Å². The molecule has 2 aromatic carbocycles. The van der Waals surface area contributed by atoms with Gasteiger partial charge in [0.15, 0.2) is 0 Å². The summed E-state index contributed by atoms with van der Waals surface area (Å²) in [6.45, 7) is 3.73. The molecule has 0 spiro atoms. The number of benzene rings is 2. The van der Waals surface area contributed by atoms with Crippen LogP contribution in [-0.4, -0.2) is 33.3 Å². The molecular weight excluding hydrogens is 395 g/mol. The Kier molecular flexibility index (Phi) is 6.34. The van der Waals surface area contributed by atoms with Gasteiger partial charge in [0, 0.05) is 19.2 Å². The highest BCUT2D eigenvalue weighted by Crippen LogP contribution is 2.27. The van der Waals surface area contributed by atoms with Gasteiger partial charge in [-0.1, -0.05) is 35.3 Å². The number of hydrogen-bond acceptors (Lipinski definition) is 3. The monoisotopic (exact) mass is 414 g/mol. The van der Waals surface area contributed by atoms with E-state index in [1.807, 2.05) is 0 Å². The molecule has 2 rings (SSSR count). The van der Waals surface area contributed by atoms with Crippen LogP contribution >= 0.6 is 23.2 Å². The minimum Gasteiger partial charge on any atom is -0.337 e. The summed E-state index contributed by atoms with van der Waals surface area (Å²) in [5.74, 6) is -0.309. The molecule has 140 valence electrons. The quantitative estimate of drug-likeness (QED) is 0.808. The molecule has 1 amide bonds. The Morgan fingerprint density at radius 3 is 2.46 bits per heavy atom. The van der Waals surface area contributed by atoms with Gasteiger partial charge in [0.2, 0.25) is 10.0 Å². The first-order chi connectivity index (χ1) is 12.1. The number of carbonyl (C=O) groups is 1. The Morgan fingerprint density at radius 2 is 1.85 bits per heavy atom. The molecule has 0 radical (unpaired) electrons. The number of rotatable bonds is 5. The van der Waals surface area contributed by atoms with Gasteiger partial charge in [0.1, 0.15) is 0 Å². The molecule has 0 fully saturated rings. The number of halogens is 2. The van der Waals surface area contributed by atoms with Crippen LogP contribution in [0.25, 0.3) is 0 Å². The van der Waals surface area contributed by atoms with E-state index < -0.39 is 10.0 Å². The van der Waals surface area contributed by atoms with Crippen molar-refractivity contribution in [2.24, 2.45) is 0 Å². The first-order valence-corrected chi connectivity index (χ1v) is 10.1. The zero-order chi connectivity index (χ0) is 19.6. The number of nitrogens with one attached hydrogen (secondary N) is 1. The molecule has 0 saturated carbocycles. The van der Waals surface area contributed by atoms with Gasteiger partial charge in [0.25, 0.3) is 5.91 Å². The Bertz CT molecular complexity index is 959. The van der Waals surface area contributed by atoms with Crippen molar-refractivity contribution in [1.82, 2.24) is 9.62 Å². The van der Waals surface area contributed by atoms with Crippen molar-refractivity contribution in [2.75, 3.05) is 14.1 Å². The number of amides is 1. The van der Waals surface area contributed by atoms with Gasteiger partial charge >= 0.3 is 0 Å². The predicted molar refractivity (Wildman–Crippen MR) is 104 cm³/mol. The molecule has 1 N–H and O–H groups in total. The molecule has 0 heterocycles. The van der Waals surface area contributed by atoms with Crippen LogP contribution in [-0.2, 0) is 16.6 Å². The fourth-order valence-corrected chi connectivity index (χ4v) is 4.00. The molecule has 0 atom stereocenters. The molecule has 0 aliphatic rings. The topological polar surface area (TPSA) is 66.5 Å². The molecule has 0 saturated heterocycles. The number of hydrogen-bond donors (Lipinski definition) is 1. The normalized spacial score (nSPS) is 11.5. The maximum absolute atomic E-state index is 12.8. The third-order valence-electron chi connectivity index (χ3n) is 4.21. The van der Waals surface area contributed by atoms with Crippen LogP contribution in [0.5, 0.6) is 0 Å². The van der Waals surface area contributed by atoms with Crippen LogP contribution in [0.2, 0.25) is 10.0 Å². The maximum atomic E-state index is 12.8. The van der Waals surface area contributed by atoms with Crippen molar-refractivity contribution in [3.05, 3.63) is 62.6 Å². The first-order valence-electron chi connectivity index (χ1n) is 7.81. The molecule has 8 heteroatoms. The number of carbonyl (C=O) groups excluding carboxylic acids is 1. The summed E-state index contributed by atoms with van der Waals surface area (Å²) in [5, 5.41) is 0.811. The van der Waals surface area contributed by atoms with E-state index in [2.05, 4.69) is 4.72 Å². The summed E-state index contributed by atoms with van der Waals surface area (Å²) in [4.78, 5) is 14.4. The summed E-state index contributed by atoms with van der Waals surface area (Å²) in [6, 6.07) is 8.30. The van der Waals surface area contributed by atoms with Crippen molar-refractivity contribution in [3.63, 3.8) is 0 Å². The van der Waals surface area contributed by atoms with Gasteiger partial charge in [-0.15, -0.1) is 0 Å². The van der Waals surface area contributed by atoms with Crippen molar-refractivity contribution in [2.45, 2.75) is 25.3 Å². The van der Waals surface area contributed by atoms with E-state index in [4.69, 9.17) is 23.2 Å². The lowest BCUT2D eigenvalue weighted by molar-refractivity contribution is 0.0785. The standard InChI is InChI=1S/C18H20Cl2N2O3S/c1-11-8-14(9-16(12(11)2)26(24,25)21-3)18(23)22(4)10-13-6-5-7-15(19)17(13)20/h5-9,21H,10H2,1-4H3. The highest BCUT2D eigenvalue weighted by atomic mass is 35.5. The van der Waals surface area contributed by atoms with E-state index in [-0.39, 0.29) is 17.3 Å². The summed E-state index contributed by atoms with van der Waals surface area (Å²) in [6.07, 6.45) is 0. The Labute approximate surface area is 164 Å². The lowest BCUT2D eigenvalue weighted by Gasteiger charge is -2.20. The van der Waals surface area contributed by atoms with Crippen LogP contribution in [0.4, 0.5) is 0 Å². The van der Waals surface area contributed by atoms with E-state index in [1.54, 1.807) is 45.2 Å². The third kappa shape index (κ3) is 4.20. The molecule has 2 aromatic rings. The first kappa shape index (κ1) is 20.7. The van der Waals surface area contributed by atoms with Crippen LogP contribution in [0.15, 0.2) is 35.2 Å². The zero-order valence-electron chi connectivity index (χ0n) is 14.9. The predicted octanol–water partition coefficient (Wildman–Crippen LogP) is 3.79. The summed E-state index contributed by atoms with van der Waals surface area (Å²) >= 11 is 12.2. The lowest BCUT2D eigenvalue weighted by atomic mass is 10.1. The number of aryl methyl sites for hydroxylation is 1. The molecular formula is C18H20Cl2N2O3S. The smallest absolute Gasteiger partial charge is 0.253 e. The summed E-state index contributed by atoms with van der Waals surface area (Å²) in [5.41, 5.74) is 2.33. The maximum Gasteiger partial charge on any atom is 0.253 e.